The van der Waals surface area contributed by atoms with Gasteiger partial charge in [0, 0.05) is 27.8 Å². The third kappa shape index (κ3) is 4.30. The maximum atomic E-state index is 5.84. The molecule has 0 spiro atoms. The monoisotopic (exact) mass is 482 g/mol. The largest absolute Gasteiger partial charge is 0.493 e. The molecule has 0 bridgehead atoms. The van der Waals surface area contributed by atoms with Gasteiger partial charge in [-0.1, -0.05) is 22.0 Å². The molecule has 0 saturated carbocycles. The average Bonchev–Trinajstić information content (AvgIpc) is 3.17. The van der Waals surface area contributed by atoms with Crippen molar-refractivity contribution in [2.45, 2.75) is 20.4 Å². The predicted molar refractivity (Wildman–Crippen MR) is 129 cm³/mol. The normalized spacial score (nSPS) is 10.9. The van der Waals surface area contributed by atoms with Crippen LogP contribution in [0.15, 0.2) is 59.1 Å². The predicted octanol–water partition coefficient (Wildman–Crippen LogP) is 7.05. The van der Waals surface area contributed by atoms with Crippen LogP contribution in [0.1, 0.15) is 18.1 Å². The first-order chi connectivity index (χ1) is 14.6. The Labute approximate surface area is 189 Å². The lowest BCUT2D eigenvalue weighted by Gasteiger charge is -2.17. The molecule has 0 amide bonds. The Morgan fingerprint density at radius 2 is 1.87 bits per heavy atom. The molecule has 0 atom stereocenters. The van der Waals surface area contributed by atoms with Crippen molar-refractivity contribution in [1.29, 1.82) is 0 Å². The zero-order chi connectivity index (χ0) is 21.1. The van der Waals surface area contributed by atoms with Gasteiger partial charge in [0.1, 0.15) is 5.01 Å². The number of fused-ring (bicyclic) bond motifs is 1. The zero-order valence-corrected chi connectivity index (χ0v) is 19.6. The third-order valence-corrected chi connectivity index (χ3v) is 6.63. The number of halogens is 1. The van der Waals surface area contributed by atoms with E-state index in [1.54, 1.807) is 18.4 Å². The van der Waals surface area contributed by atoms with Crippen LogP contribution >= 0.6 is 27.3 Å². The SMILES string of the molecule is CCOc1c(OC)ccc(Br)c1CNc1ccc(-c2nc3ccc(C)cc3s2)cc1. The topological polar surface area (TPSA) is 43.4 Å². The molecule has 1 heterocycles. The average molecular weight is 483 g/mol. The molecule has 0 aliphatic carbocycles. The number of hydrogen-bond acceptors (Lipinski definition) is 5. The van der Waals surface area contributed by atoms with Crippen LogP contribution in [-0.4, -0.2) is 18.7 Å². The molecule has 0 aliphatic heterocycles. The first-order valence-corrected chi connectivity index (χ1v) is 11.4. The van der Waals surface area contributed by atoms with Gasteiger partial charge >= 0.3 is 0 Å². The van der Waals surface area contributed by atoms with E-state index in [4.69, 9.17) is 14.5 Å². The van der Waals surface area contributed by atoms with Crippen molar-refractivity contribution < 1.29 is 9.47 Å². The summed E-state index contributed by atoms with van der Waals surface area (Å²) in [7, 11) is 1.66. The van der Waals surface area contributed by atoms with Crippen LogP contribution in [0, 0.1) is 6.92 Å². The van der Waals surface area contributed by atoms with E-state index in [0.29, 0.717) is 13.2 Å². The second kappa shape index (κ2) is 9.06. The quantitative estimate of drug-likeness (QED) is 0.306. The van der Waals surface area contributed by atoms with E-state index in [0.717, 1.165) is 43.3 Å². The molecule has 1 aromatic heterocycles. The Bertz CT molecular complexity index is 1170. The Hall–Kier alpha value is -2.57. The van der Waals surface area contributed by atoms with Gasteiger partial charge in [-0.15, -0.1) is 11.3 Å². The fraction of sp³-hybridized carbons (Fsp3) is 0.208. The molecule has 0 saturated heterocycles. The molecule has 154 valence electrons. The summed E-state index contributed by atoms with van der Waals surface area (Å²) in [5.41, 5.74) is 5.49. The second-order valence-electron chi connectivity index (χ2n) is 6.91. The van der Waals surface area contributed by atoms with Crippen LogP contribution in [0.25, 0.3) is 20.8 Å². The first-order valence-electron chi connectivity index (χ1n) is 9.78. The van der Waals surface area contributed by atoms with Crippen LogP contribution in [0.4, 0.5) is 5.69 Å². The van der Waals surface area contributed by atoms with Crippen LogP contribution in [0.2, 0.25) is 0 Å². The number of anilines is 1. The van der Waals surface area contributed by atoms with Gasteiger partial charge in [-0.2, -0.15) is 0 Å². The van der Waals surface area contributed by atoms with Crippen molar-refractivity contribution in [3.63, 3.8) is 0 Å². The van der Waals surface area contributed by atoms with Crippen molar-refractivity contribution in [2.75, 3.05) is 19.0 Å². The summed E-state index contributed by atoms with van der Waals surface area (Å²) >= 11 is 5.36. The highest BCUT2D eigenvalue weighted by Crippen LogP contribution is 2.37. The van der Waals surface area contributed by atoms with E-state index >= 15 is 0 Å². The van der Waals surface area contributed by atoms with Gasteiger partial charge in [0.25, 0.3) is 0 Å². The summed E-state index contributed by atoms with van der Waals surface area (Å²) in [6, 6.07) is 18.7. The molecule has 0 fully saturated rings. The number of aryl methyl sites for hydroxylation is 1. The van der Waals surface area contributed by atoms with Crippen molar-refractivity contribution in [2.24, 2.45) is 0 Å². The summed E-state index contributed by atoms with van der Waals surface area (Å²) in [6.45, 7) is 5.28. The zero-order valence-electron chi connectivity index (χ0n) is 17.2. The molecule has 0 aliphatic rings. The van der Waals surface area contributed by atoms with E-state index in [2.05, 4.69) is 70.6 Å². The molecule has 0 radical (unpaired) electrons. The van der Waals surface area contributed by atoms with E-state index < -0.39 is 0 Å². The van der Waals surface area contributed by atoms with Crippen molar-refractivity contribution in [3.05, 3.63) is 70.2 Å². The molecule has 0 unspecified atom stereocenters. The van der Waals surface area contributed by atoms with Crippen molar-refractivity contribution in [1.82, 2.24) is 4.98 Å². The Morgan fingerprint density at radius 3 is 2.60 bits per heavy atom. The Kier molecular flexibility index (Phi) is 6.25. The van der Waals surface area contributed by atoms with Crippen LogP contribution < -0.4 is 14.8 Å². The minimum atomic E-state index is 0.580. The number of nitrogens with one attached hydrogen (secondary N) is 1. The number of rotatable bonds is 7. The lowest BCUT2D eigenvalue weighted by molar-refractivity contribution is 0.307. The van der Waals surface area contributed by atoms with Gasteiger partial charge < -0.3 is 14.8 Å². The lowest BCUT2D eigenvalue weighted by atomic mass is 10.1. The van der Waals surface area contributed by atoms with E-state index in [9.17, 15) is 0 Å². The van der Waals surface area contributed by atoms with Gasteiger partial charge in [0.15, 0.2) is 11.5 Å². The molecule has 6 heteroatoms. The minimum absolute atomic E-state index is 0.580. The van der Waals surface area contributed by atoms with Crippen LogP contribution in [0.3, 0.4) is 0 Å². The summed E-state index contributed by atoms with van der Waals surface area (Å²) in [5.74, 6) is 1.50. The molecule has 3 aromatic carbocycles. The van der Waals surface area contributed by atoms with Crippen LogP contribution in [0.5, 0.6) is 11.5 Å². The number of aromatic nitrogens is 1. The Morgan fingerprint density at radius 1 is 1.07 bits per heavy atom. The second-order valence-corrected chi connectivity index (χ2v) is 8.80. The fourth-order valence-corrected chi connectivity index (χ4v) is 4.81. The highest BCUT2D eigenvalue weighted by atomic mass is 79.9. The van der Waals surface area contributed by atoms with E-state index in [-0.39, 0.29) is 0 Å². The van der Waals surface area contributed by atoms with Gasteiger partial charge in [0.2, 0.25) is 0 Å². The summed E-state index contributed by atoms with van der Waals surface area (Å²) in [6.07, 6.45) is 0. The number of methoxy groups -OCH3 is 1. The highest BCUT2D eigenvalue weighted by Gasteiger charge is 2.14. The smallest absolute Gasteiger partial charge is 0.167 e. The molecule has 30 heavy (non-hydrogen) atoms. The van der Waals surface area contributed by atoms with Crippen LogP contribution in [-0.2, 0) is 6.54 Å². The number of thiazole rings is 1. The lowest BCUT2D eigenvalue weighted by Crippen LogP contribution is -2.05. The van der Waals surface area contributed by atoms with Gasteiger partial charge in [-0.3, -0.25) is 0 Å². The van der Waals surface area contributed by atoms with E-state index in [1.165, 1.54) is 10.3 Å². The summed E-state index contributed by atoms with van der Waals surface area (Å²) in [5, 5.41) is 4.52. The van der Waals surface area contributed by atoms with Crippen molar-refractivity contribution in [3.8, 4) is 22.1 Å². The Balaban J connectivity index is 1.53. The maximum absolute atomic E-state index is 5.84. The molecular formula is C24H23BrN2O2S. The van der Waals surface area contributed by atoms with Gasteiger partial charge in [0.05, 0.1) is 23.9 Å². The molecule has 4 nitrogen and oxygen atoms in total. The van der Waals surface area contributed by atoms with Crippen molar-refractivity contribution >= 4 is 43.2 Å². The molecule has 4 rings (SSSR count). The number of hydrogen-bond donors (Lipinski definition) is 1. The summed E-state index contributed by atoms with van der Waals surface area (Å²) < 4.78 is 13.5. The minimum Gasteiger partial charge on any atom is -0.493 e. The van der Waals surface area contributed by atoms with Gasteiger partial charge in [-0.25, -0.2) is 4.98 Å². The maximum Gasteiger partial charge on any atom is 0.167 e. The molecule has 4 aromatic rings. The molecule has 1 N–H and O–H groups in total. The fourth-order valence-electron chi connectivity index (χ4n) is 3.29. The standard InChI is InChI=1S/C24H23BrN2O2S/c1-4-29-23-18(19(25)10-12-21(23)28-3)14-26-17-8-6-16(7-9-17)24-27-20-11-5-15(2)13-22(20)30-24/h5-13,26H,4,14H2,1-3H3. The van der Waals surface area contributed by atoms with E-state index in [1.807, 2.05) is 19.1 Å². The number of nitrogens with zero attached hydrogens (tertiary/aromatic N) is 1. The van der Waals surface area contributed by atoms with Gasteiger partial charge in [-0.05, 0) is 67.9 Å². The number of ether oxygens (including phenoxy) is 2. The highest BCUT2D eigenvalue weighted by molar-refractivity contribution is 9.10. The molecular weight excluding hydrogens is 460 g/mol. The first kappa shape index (κ1) is 20.7. The number of benzene rings is 3. The summed E-state index contributed by atoms with van der Waals surface area (Å²) in [4.78, 5) is 4.77. The third-order valence-electron chi connectivity index (χ3n) is 4.82.